The van der Waals surface area contributed by atoms with Gasteiger partial charge in [-0.25, -0.2) is 4.57 Å². The first kappa shape index (κ1) is 35.0. The molecule has 0 heterocycles. The Balaban J connectivity index is 4.12. The van der Waals surface area contributed by atoms with Gasteiger partial charge in [-0.2, -0.15) is 0 Å². The largest absolute Gasteiger partial charge is 0.469 e. The van der Waals surface area contributed by atoms with Crippen LogP contribution in [0, 0.1) is 11.8 Å². The summed E-state index contributed by atoms with van der Waals surface area (Å²) in [5.74, 6) is 0.576. The quantitative estimate of drug-likeness (QED) is 0.0761. The number of carbonyl (C=O) groups excluding carboxylic acids is 2. The Morgan fingerprint density at radius 1 is 0.639 bits per heavy atom. The standard InChI is InChI=1S/C27H53O8P/c1-23(2)17-13-9-5-7-11-15-19-26(28)33-21-25(22-34-36(30,31)32)35-27(29)20-16-12-8-6-10-14-18-24(3)4/h23-25H,5-22H2,1-4H3,(H2,30,31,32)/t25-/m1/s1. The molecule has 1 atom stereocenters. The first-order chi connectivity index (χ1) is 17.0. The number of rotatable bonds is 24. The molecule has 0 aliphatic carbocycles. The molecule has 36 heavy (non-hydrogen) atoms. The lowest BCUT2D eigenvalue weighted by atomic mass is 10.0. The number of ether oxygens (including phenoxy) is 2. The van der Waals surface area contributed by atoms with E-state index in [9.17, 15) is 14.2 Å². The smallest absolute Gasteiger partial charge is 0.462 e. The molecule has 0 aliphatic heterocycles. The maximum absolute atomic E-state index is 12.2. The maximum atomic E-state index is 12.2. The van der Waals surface area contributed by atoms with Crippen LogP contribution in [-0.4, -0.2) is 41.0 Å². The van der Waals surface area contributed by atoms with Crippen molar-refractivity contribution in [3.05, 3.63) is 0 Å². The third-order valence-electron chi connectivity index (χ3n) is 5.98. The van der Waals surface area contributed by atoms with E-state index in [4.69, 9.17) is 19.3 Å². The molecule has 0 aromatic heterocycles. The van der Waals surface area contributed by atoms with Crippen molar-refractivity contribution in [2.75, 3.05) is 13.2 Å². The molecule has 0 saturated heterocycles. The Hall–Kier alpha value is -0.950. The minimum Gasteiger partial charge on any atom is -0.462 e. The molecule has 0 radical (unpaired) electrons. The highest BCUT2D eigenvalue weighted by atomic mass is 31.2. The average molecular weight is 537 g/mol. The van der Waals surface area contributed by atoms with E-state index >= 15 is 0 Å². The van der Waals surface area contributed by atoms with Crippen LogP contribution in [0.15, 0.2) is 0 Å². The van der Waals surface area contributed by atoms with E-state index in [1.807, 2.05) is 0 Å². The van der Waals surface area contributed by atoms with E-state index in [0.717, 1.165) is 56.8 Å². The predicted octanol–water partition coefficient (Wildman–Crippen LogP) is 7.10. The molecule has 9 heteroatoms. The summed E-state index contributed by atoms with van der Waals surface area (Å²) in [6.07, 6.45) is 14.6. The summed E-state index contributed by atoms with van der Waals surface area (Å²) in [5.41, 5.74) is 0. The molecule has 0 rings (SSSR count). The molecule has 0 spiro atoms. The second kappa shape index (κ2) is 22.1. The van der Waals surface area contributed by atoms with E-state index < -0.39 is 32.5 Å². The van der Waals surface area contributed by atoms with Crippen LogP contribution in [0.2, 0.25) is 0 Å². The highest BCUT2D eigenvalue weighted by Crippen LogP contribution is 2.35. The van der Waals surface area contributed by atoms with Crippen molar-refractivity contribution in [1.82, 2.24) is 0 Å². The van der Waals surface area contributed by atoms with Gasteiger partial charge in [0, 0.05) is 12.8 Å². The zero-order valence-corrected chi connectivity index (χ0v) is 24.1. The van der Waals surface area contributed by atoms with Crippen LogP contribution in [0.25, 0.3) is 0 Å². The fourth-order valence-electron chi connectivity index (χ4n) is 3.86. The van der Waals surface area contributed by atoms with E-state index in [0.29, 0.717) is 6.42 Å². The molecule has 0 amide bonds. The monoisotopic (exact) mass is 536 g/mol. The molecular formula is C27H53O8P. The van der Waals surface area contributed by atoms with Gasteiger partial charge >= 0.3 is 19.8 Å². The summed E-state index contributed by atoms with van der Waals surface area (Å²) in [5, 5.41) is 0. The number of phosphoric acid groups is 1. The van der Waals surface area contributed by atoms with Gasteiger partial charge in [0.15, 0.2) is 6.10 Å². The van der Waals surface area contributed by atoms with E-state index in [2.05, 4.69) is 32.2 Å². The summed E-state index contributed by atoms with van der Waals surface area (Å²) in [6.45, 7) is 8.09. The van der Waals surface area contributed by atoms with Gasteiger partial charge in [0.1, 0.15) is 6.61 Å². The summed E-state index contributed by atoms with van der Waals surface area (Å²) in [7, 11) is -4.73. The fourth-order valence-corrected chi connectivity index (χ4v) is 4.22. The van der Waals surface area contributed by atoms with Crippen LogP contribution in [0.5, 0.6) is 0 Å². The Morgan fingerprint density at radius 2 is 1.06 bits per heavy atom. The lowest BCUT2D eigenvalue weighted by Gasteiger charge is -2.18. The number of hydrogen-bond donors (Lipinski definition) is 2. The van der Waals surface area contributed by atoms with Crippen molar-refractivity contribution in [3.63, 3.8) is 0 Å². The van der Waals surface area contributed by atoms with Crippen molar-refractivity contribution in [3.8, 4) is 0 Å². The maximum Gasteiger partial charge on any atom is 0.469 e. The van der Waals surface area contributed by atoms with Crippen molar-refractivity contribution in [2.24, 2.45) is 11.8 Å². The van der Waals surface area contributed by atoms with E-state index in [-0.39, 0.29) is 19.4 Å². The number of carbonyl (C=O) groups is 2. The second-order valence-electron chi connectivity index (χ2n) is 10.7. The van der Waals surface area contributed by atoms with Crippen LogP contribution in [0.4, 0.5) is 0 Å². The Morgan fingerprint density at radius 3 is 1.50 bits per heavy atom. The van der Waals surface area contributed by atoms with Gasteiger partial charge in [0.05, 0.1) is 6.61 Å². The summed E-state index contributed by atoms with van der Waals surface area (Å²) in [6, 6.07) is 0. The Bertz CT molecular complexity index is 603. The lowest BCUT2D eigenvalue weighted by molar-refractivity contribution is -0.161. The van der Waals surface area contributed by atoms with Gasteiger partial charge < -0.3 is 19.3 Å². The average Bonchev–Trinajstić information content (AvgIpc) is 2.78. The molecule has 0 fully saturated rings. The number of hydrogen-bond acceptors (Lipinski definition) is 6. The van der Waals surface area contributed by atoms with Crippen molar-refractivity contribution >= 4 is 19.8 Å². The molecule has 0 unspecified atom stereocenters. The predicted molar refractivity (Wildman–Crippen MR) is 142 cm³/mol. The minimum atomic E-state index is -4.73. The zero-order chi connectivity index (χ0) is 27.2. The first-order valence-corrected chi connectivity index (χ1v) is 15.6. The number of phosphoric ester groups is 1. The van der Waals surface area contributed by atoms with Gasteiger partial charge in [-0.3, -0.25) is 14.1 Å². The molecule has 8 nitrogen and oxygen atoms in total. The molecule has 0 aromatic rings. The minimum absolute atomic E-state index is 0.212. The molecule has 214 valence electrons. The van der Waals surface area contributed by atoms with Crippen LogP contribution >= 0.6 is 7.82 Å². The highest BCUT2D eigenvalue weighted by Gasteiger charge is 2.22. The molecule has 2 N–H and O–H groups in total. The van der Waals surface area contributed by atoms with Gasteiger partial charge in [-0.15, -0.1) is 0 Å². The molecule has 0 aromatic carbocycles. The fraction of sp³-hybridized carbons (Fsp3) is 0.926. The summed E-state index contributed by atoms with van der Waals surface area (Å²) in [4.78, 5) is 42.1. The number of esters is 2. The Labute approximate surface area is 219 Å². The molecular weight excluding hydrogens is 483 g/mol. The number of unbranched alkanes of at least 4 members (excludes halogenated alkanes) is 10. The summed E-state index contributed by atoms with van der Waals surface area (Å²) >= 11 is 0. The van der Waals surface area contributed by atoms with Gasteiger partial charge in [-0.05, 0) is 24.7 Å². The van der Waals surface area contributed by atoms with Gasteiger partial charge in [-0.1, -0.05) is 105 Å². The van der Waals surface area contributed by atoms with E-state index in [1.165, 1.54) is 38.5 Å². The van der Waals surface area contributed by atoms with Crippen LogP contribution in [0.3, 0.4) is 0 Å². The van der Waals surface area contributed by atoms with E-state index in [1.54, 1.807) is 0 Å². The molecule has 0 aliphatic rings. The second-order valence-corrected chi connectivity index (χ2v) is 11.9. The Kier molecular flexibility index (Phi) is 21.5. The van der Waals surface area contributed by atoms with Crippen LogP contribution < -0.4 is 0 Å². The third kappa shape index (κ3) is 26.1. The SMILES string of the molecule is CC(C)CCCCCCCCC(=O)OC[C@H](COP(=O)(O)O)OC(=O)CCCCCCCCC(C)C. The summed E-state index contributed by atoms with van der Waals surface area (Å²) < 4.78 is 26.0. The van der Waals surface area contributed by atoms with Gasteiger partial charge in [0.25, 0.3) is 0 Å². The lowest BCUT2D eigenvalue weighted by Crippen LogP contribution is -2.29. The normalized spacial score (nSPS) is 12.8. The topological polar surface area (TPSA) is 119 Å². The molecule has 0 bridgehead atoms. The van der Waals surface area contributed by atoms with Crippen molar-refractivity contribution in [2.45, 2.75) is 137 Å². The van der Waals surface area contributed by atoms with Crippen molar-refractivity contribution < 1.29 is 37.9 Å². The van der Waals surface area contributed by atoms with Crippen LogP contribution in [0.1, 0.15) is 130 Å². The van der Waals surface area contributed by atoms with Gasteiger partial charge in [0.2, 0.25) is 0 Å². The van der Waals surface area contributed by atoms with Crippen molar-refractivity contribution in [1.29, 1.82) is 0 Å². The zero-order valence-electron chi connectivity index (χ0n) is 23.3. The first-order valence-electron chi connectivity index (χ1n) is 14.0. The third-order valence-corrected chi connectivity index (χ3v) is 6.47. The van der Waals surface area contributed by atoms with Crippen LogP contribution in [-0.2, 0) is 28.2 Å². The highest BCUT2D eigenvalue weighted by molar-refractivity contribution is 7.46. The molecule has 0 saturated carbocycles.